The lowest BCUT2D eigenvalue weighted by molar-refractivity contribution is 0.658. The minimum atomic E-state index is 0. The summed E-state index contributed by atoms with van der Waals surface area (Å²) in [7, 11) is 0. The van der Waals surface area contributed by atoms with E-state index in [4.69, 9.17) is 29.6 Å². The van der Waals surface area contributed by atoms with Crippen LogP contribution < -0.4 is 9.80 Å². The van der Waals surface area contributed by atoms with Gasteiger partial charge in [-0.2, -0.15) is 0 Å². The molecule has 1 atom stereocenters. The Hall–Kier alpha value is -0.560. The summed E-state index contributed by atoms with van der Waals surface area (Å²) >= 11 is 12.1. The first-order chi connectivity index (χ1) is 8.10. The Kier molecular flexibility index (Phi) is 5.21. The quantitative estimate of drug-likeness (QED) is 0.738. The van der Waals surface area contributed by atoms with Gasteiger partial charge in [0.05, 0.1) is 34.1 Å². The number of fused-ring (bicyclic) bond motifs is 1. The van der Waals surface area contributed by atoms with Gasteiger partial charge in [-0.1, -0.05) is 29.1 Å². The minimum Gasteiger partial charge on any atom is -0.350 e. The lowest BCUT2D eigenvalue weighted by atomic mass is 10.2. The van der Waals surface area contributed by atoms with Crippen LogP contribution in [0.15, 0.2) is 12.1 Å². The number of anilines is 2. The molecule has 0 saturated heterocycles. The first-order valence-corrected chi connectivity index (χ1v) is 6.31. The van der Waals surface area contributed by atoms with Crippen LogP contribution in [0.1, 0.15) is 13.8 Å². The van der Waals surface area contributed by atoms with E-state index in [0.717, 1.165) is 17.9 Å². The van der Waals surface area contributed by atoms with Gasteiger partial charge in [-0.3, -0.25) is 0 Å². The number of hydrogen-bond acceptors (Lipinski definition) is 2. The Morgan fingerprint density at radius 3 is 2.17 bits per heavy atom. The molecule has 5 heteroatoms. The van der Waals surface area contributed by atoms with Gasteiger partial charge in [0.25, 0.3) is 0 Å². The molecule has 18 heavy (non-hydrogen) atoms. The zero-order chi connectivity index (χ0) is 12.6. The average molecular weight is 350 g/mol. The standard InChI is InChI=1S/C13H14Cl2N2.BrH/c1-4-6-17-9(3)16(5-2)12-7-10(14)11(15)8-13(12)17;/h1,7-9H,5-6H2,2-3H3;1H. The molecule has 0 saturated carbocycles. The molecule has 2 rings (SSSR count). The molecule has 0 radical (unpaired) electrons. The number of halogens is 3. The average Bonchev–Trinajstić information content (AvgIpc) is 2.54. The van der Waals surface area contributed by atoms with Gasteiger partial charge in [-0.05, 0) is 26.0 Å². The molecule has 0 amide bonds. The van der Waals surface area contributed by atoms with Crippen molar-refractivity contribution in [2.45, 2.75) is 20.0 Å². The van der Waals surface area contributed by atoms with E-state index in [0.29, 0.717) is 16.6 Å². The predicted octanol–water partition coefficient (Wildman–Crippen LogP) is 4.20. The fourth-order valence-corrected chi connectivity index (χ4v) is 2.62. The lowest BCUT2D eigenvalue weighted by Crippen LogP contribution is -2.40. The highest BCUT2D eigenvalue weighted by Gasteiger charge is 2.32. The highest BCUT2D eigenvalue weighted by molar-refractivity contribution is 8.93. The lowest BCUT2D eigenvalue weighted by Gasteiger charge is -2.27. The number of nitrogens with zero attached hydrogens (tertiary/aromatic N) is 2. The maximum absolute atomic E-state index is 6.07. The SMILES string of the molecule is Br.C#CCN1c2cc(Cl)c(Cl)cc2N(CC)C1C. The van der Waals surface area contributed by atoms with Gasteiger partial charge < -0.3 is 9.80 Å². The molecule has 98 valence electrons. The molecule has 1 aromatic carbocycles. The van der Waals surface area contributed by atoms with Crippen LogP contribution in [0.2, 0.25) is 10.0 Å². The Morgan fingerprint density at radius 1 is 1.22 bits per heavy atom. The molecule has 0 N–H and O–H groups in total. The molecule has 2 nitrogen and oxygen atoms in total. The van der Waals surface area contributed by atoms with E-state index < -0.39 is 0 Å². The van der Waals surface area contributed by atoms with Gasteiger partial charge in [0.1, 0.15) is 0 Å². The molecule has 1 aliphatic heterocycles. The molecular formula is C13H15BrCl2N2. The van der Waals surface area contributed by atoms with E-state index in [9.17, 15) is 0 Å². The van der Waals surface area contributed by atoms with E-state index in [-0.39, 0.29) is 23.1 Å². The molecule has 0 aromatic heterocycles. The molecule has 0 bridgehead atoms. The third-order valence-corrected chi connectivity index (χ3v) is 3.86. The zero-order valence-corrected chi connectivity index (χ0v) is 13.5. The smallest absolute Gasteiger partial charge is 0.0997 e. The molecular weight excluding hydrogens is 335 g/mol. The van der Waals surface area contributed by atoms with Gasteiger partial charge >= 0.3 is 0 Å². The van der Waals surface area contributed by atoms with E-state index in [1.54, 1.807) is 0 Å². The second kappa shape index (κ2) is 6.06. The Bertz CT molecular complexity index is 485. The van der Waals surface area contributed by atoms with Crippen molar-refractivity contribution in [2.75, 3.05) is 22.9 Å². The summed E-state index contributed by atoms with van der Waals surface area (Å²) in [6, 6.07) is 3.80. The molecule has 1 heterocycles. The minimum absolute atomic E-state index is 0. The van der Waals surface area contributed by atoms with Gasteiger partial charge in [0.15, 0.2) is 0 Å². The summed E-state index contributed by atoms with van der Waals surface area (Å²) in [4.78, 5) is 4.41. The summed E-state index contributed by atoms with van der Waals surface area (Å²) in [6.07, 6.45) is 5.65. The normalized spacial score (nSPS) is 17.2. The van der Waals surface area contributed by atoms with Crippen LogP contribution >= 0.6 is 40.2 Å². The maximum atomic E-state index is 6.07. The molecule has 0 spiro atoms. The first kappa shape index (κ1) is 15.5. The summed E-state index contributed by atoms with van der Waals surface area (Å²) < 4.78 is 0. The molecule has 1 aliphatic rings. The third kappa shape index (κ3) is 2.42. The van der Waals surface area contributed by atoms with Crippen LogP contribution in [0, 0.1) is 12.3 Å². The number of terminal acetylenes is 1. The van der Waals surface area contributed by atoms with Crippen molar-refractivity contribution >= 4 is 51.6 Å². The van der Waals surface area contributed by atoms with Crippen LogP contribution in [0.5, 0.6) is 0 Å². The van der Waals surface area contributed by atoms with Gasteiger partial charge in [0, 0.05) is 6.54 Å². The second-order valence-electron chi connectivity index (χ2n) is 4.00. The van der Waals surface area contributed by atoms with Crippen molar-refractivity contribution in [3.8, 4) is 12.3 Å². The summed E-state index contributed by atoms with van der Waals surface area (Å²) in [5.41, 5.74) is 2.16. The van der Waals surface area contributed by atoms with Gasteiger partial charge in [-0.25, -0.2) is 0 Å². The Morgan fingerprint density at radius 2 is 1.72 bits per heavy atom. The fraction of sp³-hybridized carbons (Fsp3) is 0.385. The van der Waals surface area contributed by atoms with Crippen molar-refractivity contribution in [1.29, 1.82) is 0 Å². The van der Waals surface area contributed by atoms with Crippen LogP contribution in [0.4, 0.5) is 11.4 Å². The number of hydrogen-bond donors (Lipinski definition) is 0. The Balaban J connectivity index is 0.00000162. The maximum Gasteiger partial charge on any atom is 0.0997 e. The van der Waals surface area contributed by atoms with Crippen LogP contribution in [0.25, 0.3) is 0 Å². The van der Waals surface area contributed by atoms with E-state index in [1.807, 2.05) is 12.1 Å². The van der Waals surface area contributed by atoms with Crippen molar-refractivity contribution in [3.05, 3.63) is 22.2 Å². The topological polar surface area (TPSA) is 6.48 Å². The molecule has 1 unspecified atom stereocenters. The highest BCUT2D eigenvalue weighted by atomic mass is 79.9. The molecule has 0 fully saturated rings. The summed E-state index contributed by atoms with van der Waals surface area (Å²) in [5.74, 6) is 2.68. The van der Waals surface area contributed by atoms with Crippen LogP contribution in [-0.4, -0.2) is 19.3 Å². The predicted molar refractivity (Wildman–Crippen MR) is 85.4 cm³/mol. The van der Waals surface area contributed by atoms with Crippen molar-refractivity contribution < 1.29 is 0 Å². The van der Waals surface area contributed by atoms with E-state index in [2.05, 4.69) is 29.6 Å². The number of benzene rings is 1. The molecule has 1 aromatic rings. The number of rotatable bonds is 2. The van der Waals surface area contributed by atoms with E-state index >= 15 is 0 Å². The molecule has 0 aliphatic carbocycles. The second-order valence-corrected chi connectivity index (χ2v) is 4.82. The van der Waals surface area contributed by atoms with Gasteiger partial charge in [0.2, 0.25) is 0 Å². The monoisotopic (exact) mass is 348 g/mol. The van der Waals surface area contributed by atoms with Crippen molar-refractivity contribution in [2.24, 2.45) is 0 Å². The van der Waals surface area contributed by atoms with E-state index in [1.165, 1.54) is 0 Å². The highest BCUT2D eigenvalue weighted by Crippen LogP contribution is 2.43. The summed E-state index contributed by atoms with van der Waals surface area (Å²) in [6.45, 7) is 5.72. The zero-order valence-electron chi connectivity index (χ0n) is 10.3. The largest absolute Gasteiger partial charge is 0.350 e. The fourth-order valence-electron chi connectivity index (χ4n) is 2.31. The first-order valence-electron chi connectivity index (χ1n) is 5.56. The van der Waals surface area contributed by atoms with Crippen LogP contribution in [-0.2, 0) is 0 Å². The third-order valence-electron chi connectivity index (χ3n) is 3.14. The Labute approximate surface area is 129 Å². The van der Waals surface area contributed by atoms with Crippen LogP contribution in [0.3, 0.4) is 0 Å². The van der Waals surface area contributed by atoms with Gasteiger partial charge in [-0.15, -0.1) is 23.4 Å². The van der Waals surface area contributed by atoms with Crippen molar-refractivity contribution in [3.63, 3.8) is 0 Å². The summed E-state index contributed by atoms with van der Waals surface area (Å²) in [5, 5.41) is 1.15. The van der Waals surface area contributed by atoms with Crippen molar-refractivity contribution in [1.82, 2.24) is 0 Å².